The van der Waals surface area contributed by atoms with Gasteiger partial charge in [0.2, 0.25) is 5.95 Å². The van der Waals surface area contributed by atoms with E-state index in [4.69, 9.17) is 21.1 Å². The van der Waals surface area contributed by atoms with Crippen LogP contribution in [0.4, 0.5) is 17.5 Å². The lowest BCUT2D eigenvalue weighted by atomic mass is 10.2. The van der Waals surface area contributed by atoms with Crippen LogP contribution in [0.2, 0.25) is 5.02 Å². The normalized spacial score (nSPS) is 10.4. The number of aryl methyl sites for hydroxylation is 1. The van der Waals surface area contributed by atoms with E-state index in [0.29, 0.717) is 34.8 Å². The van der Waals surface area contributed by atoms with Gasteiger partial charge in [-0.2, -0.15) is 4.98 Å². The molecule has 0 radical (unpaired) electrons. The standard InChI is InChI=1S/C20H21ClN4O2/c1-13-4-6-15(11-16(13)21)24-19-8-9-22-20(25-19)23-12-14-5-7-17(26-2)18(10-14)27-3/h4-11H,12H2,1-3H3,(H2,22,23,24,25). The molecule has 2 aromatic carbocycles. The quantitative estimate of drug-likeness (QED) is 0.609. The molecule has 0 saturated carbocycles. The van der Waals surface area contributed by atoms with E-state index in [9.17, 15) is 0 Å². The van der Waals surface area contributed by atoms with Crippen LogP contribution in [0.15, 0.2) is 48.7 Å². The Kier molecular flexibility index (Phi) is 5.98. The number of nitrogens with one attached hydrogen (secondary N) is 2. The van der Waals surface area contributed by atoms with Crippen molar-refractivity contribution >= 4 is 29.1 Å². The van der Waals surface area contributed by atoms with Gasteiger partial charge in [-0.3, -0.25) is 0 Å². The summed E-state index contributed by atoms with van der Waals surface area (Å²) in [4.78, 5) is 8.74. The van der Waals surface area contributed by atoms with Crippen LogP contribution in [-0.4, -0.2) is 24.2 Å². The van der Waals surface area contributed by atoms with Crippen molar-refractivity contribution in [2.75, 3.05) is 24.9 Å². The number of halogens is 1. The minimum atomic E-state index is 0.521. The van der Waals surface area contributed by atoms with Crippen molar-refractivity contribution in [3.8, 4) is 11.5 Å². The van der Waals surface area contributed by atoms with Crippen LogP contribution in [0.3, 0.4) is 0 Å². The second-order valence-corrected chi connectivity index (χ2v) is 6.30. The molecule has 0 saturated heterocycles. The summed E-state index contributed by atoms with van der Waals surface area (Å²) in [6, 6.07) is 13.3. The minimum absolute atomic E-state index is 0.521. The van der Waals surface area contributed by atoms with E-state index in [-0.39, 0.29) is 0 Å². The molecule has 0 unspecified atom stereocenters. The number of ether oxygens (including phenoxy) is 2. The van der Waals surface area contributed by atoms with E-state index < -0.39 is 0 Å². The van der Waals surface area contributed by atoms with Gasteiger partial charge in [-0.25, -0.2) is 4.98 Å². The van der Waals surface area contributed by atoms with Crippen molar-refractivity contribution in [3.63, 3.8) is 0 Å². The van der Waals surface area contributed by atoms with Crippen molar-refractivity contribution in [1.29, 1.82) is 0 Å². The maximum Gasteiger partial charge on any atom is 0.224 e. The first-order chi connectivity index (χ1) is 13.1. The Hall–Kier alpha value is -2.99. The third kappa shape index (κ3) is 4.80. The Labute approximate surface area is 163 Å². The van der Waals surface area contributed by atoms with Crippen LogP contribution in [0.1, 0.15) is 11.1 Å². The predicted molar refractivity (Wildman–Crippen MR) is 108 cm³/mol. The molecular weight excluding hydrogens is 364 g/mol. The highest BCUT2D eigenvalue weighted by molar-refractivity contribution is 6.31. The Balaban J connectivity index is 1.68. The van der Waals surface area contributed by atoms with E-state index in [1.54, 1.807) is 26.5 Å². The van der Waals surface area contributed by atoms with E-state index in [0.717, 1.165) is 16.8 Å². The van der Waals surface area contributed by atoms with Crippen molar-refractivity contribution < 1.29 is 9.47 Å². The smallest absolute Gasteiger partial charge is 0.224 e. The second-order valence-electron chi connectivity index (χ2n) is 5.90. The van der Waals surface area contributed by atoms with E-state index in [2.05, 4.69) is 20.6 Å². The van der Waals surface area contributed by atoms with Gasteiger partial charge in [-0.1, -0.05) is 23.7 Å². The highest BCUT2D eigenvalue weighted by atomic mass is 35.5. The number of nitrogens with zero attached hydrogens (tertiary/aromatic N) is 2. The maximum absolute atomic E-state index is 6.17. The molecule has 3 aromatic rings. The fourth-order valence-corrected chi connectivity index (χ4v) is 2.68. The predicted octanol–water partition coefficient (Wildman–Crippen LogP) is 4.81. The Morgan fingerprint density at radius 2 is 1.81 bits per heavy atom. The summed E-state index contributed by atoms with van der Waals surface area (Å²) >= 11 is 6.17. The monoisotopic (exact) mass is 384 g/mol. The molecule has 3 rings (SSSR count). The van der Waals surface area contributed by atoms with Gasteiger partial charge in [-0.05, 0) is 48.4 Å². The molecule has 7 heteroatoms. The van der Waals surface area contributed by atoms with Crippen LogP contribution in [0.25, 0.3) is 0 Å². The second kappa shape index (κ2) is 8.60. The molecule has 0 aliphatic carbocycles. The van der Waals surface area contributed by atoms with Crippen LogP contribution in [0, 0.1) is 6.92 Å². The molecular formula is C20H21ClN4O2. The Bertz CT molecular complexity index is 934. The van der Waals surface area contributed by atoms with Crippen LogP contribution < -0.4 is 20.1 Å². The number of hydrogen-bond donors (Lipinski definition) is 2. The molecule has 0 fully saturated rings. The largest absolute Gasteiger partial charge is 0.493 e. The fourth-order valence-electron chi connectivity index (χ4n) is 2.50. The number of methoxy groups -OCH3 is 2. The van der Waals surface area contributed by atoms with Gasteiger partial charge >= 0.3 is 0 Å². The van der Waals surface area contributed by atoms with E-state index in [1.165, 1.54) is 0 Å². The molecule has 0 bridgehead atoms. The third-order valence-corrected chi connectivity index (χ3v) is 4.41. The molecule has 6 nitrogen and oxygen atoms in total. The number of rotatable bonds is 7. The summed E-state index contributed by atoms with van der Waals surface area (Å²) in [5.41, 5.74) is 2.93. The van der Waals surface area contributed by atoms with Gasteiger partial charge < -0.3 is 20.1 Å². The van der Waals surface area contributed by atoms with Crippen molar-refractivity contribution in [1.82, 2.24) is 9.97 Å². The van der Waals surface area contributed by atoms with Gasteiger partial charge in [0, 0.05) is 23.5 Å². The molecule has 0 spiro atoms. The molecule has 0 atom stereocenters. The minimum Gasteiger partial charge on any atom is -0.493 e. The Morgan fingerprint density at radius 3 is 2.56 bits per heavy atom. The maximum atomic E-state index is 6.17. The topological polar surface area (TPSA) is 68.3 Å². The molecule has 1 aromatic heterocycles. The van der Waals surface area contributed by atoms with Crippen molar-refractivity contribution in [2.24, 2.45) is 0 Å². The molecule has 0 aliphatic rings. The number of hydrogen-bond acceptors (Lipinski definition) is 6. The first kappa shape index (κ1) is 18.8. The average molecular weight is 385 g/mol. The van der Waals surface area contributed by atoms with Crippen LogP contribution >= 0.6 is 11.6 Å². The zero-order valence-corrected chi connectivity index (χ0v) is 16.2. The van der Waals surface area contributed by atoms with Gasteiger partial charge in [-0.15, -0.1) is 0 Å². The summed E-state index contributed by atoms with van der Waals surface area (Å²) in [5.74, 6) is 2.58. The highest BCUT2D eigenvalue weighted by Crippen LogP contribution is 2.28. The Morgan fingerprint density at radius 1 is 1.00 bits per heavy atom. The first-order valence-electron chi connectivity index (χ1n) is 8.40. The zero-order chi connectivity index (χ0) is 19.2. The summed E-state index contributed by atoms with van der Waals surface area (Å²) < 4.78 is 10.6. The van der Waals surface area contributed by atoms with Crippen LogP contribution in [0.5, 0.6) is 11.5 Å². The molecule has 1 heterocycles. The summed E-state index contributed by atoms with van der Waals surface area (Å²) in [5, 5.41) is 7.15. The molecule has 0 amide bonds. The molecule has 140 valence electrons. The number of anilines is 3. The first-order valence-corrected chi connectivity index (χ1v) is 8.78. The highest BCUT2D eigenvalue weighted by Gasteiger charge is 2.06. The summed E-state index contributed by atoms with van der Waals surface area (Å²) in [6.45, 7) is 2.52. The van der Waals surface area contributed by atoms with Crippen molar-refractivity contribution in [3.05, 3.63) is 64.8 Å². The lowest BCUT2D eigenvalue weighted by molar-refractivity contribution is 0.354. The van der Waals surface area contributed by atoms with Gasteiger partial charge in [0.25, 0.3) is 0 Å². The third-order valence-electron chi connectivity index (χ3n) is 4.00. The molecule has 0 aliphatic heterocycles. The summed E-state index contributed by atoms with van der Waals surface area (Å²) in [6.07, 6.45) is 1.70. The lowest BCUT2D eigenvalue weighted by Crippen LogP contribution is -2.05. The fraction of sp³-hybridized carbons (Fsp3) is 0.200. The number of benzene rings is 2. The van der Waals surface area contributed by atoms with E-state index >= 15 is 0 Å². The molecule has 2 N–H and O–H groups in total. The number of aromatic nitrogens is 2. The SMILES string of the molecule is COc1ccc(CNc2nccc(Nc3ccc(C)c(Cl)c3)n2)cc1OC. The van der Waals surface area contributed by atoms with E-state index in [1.807, 2.05) is 43.3 Å². The van der Waals surface area contributed by atoms with Gasteiger partial charge in [0.15, 0.2) is 11.5 Å². The van der Waals surface area contributed by atoms with Gasteiger partial charge in [0.05, 0.1) is 14.2 Å². The lowest BCUT2D eigenvalue weighted by Gasteiger charge is -2.11. The summed E-state index contributed by atoms with van der Waals surface area (Å²) in [7, 11) is 3.23. The zero-order valence-electron chi connectivity index (χ0n) is 15.4. The van der Waals surface area contributed by atoms with Crippen molar-refractivity contribution in [2.45, 2.75) is 13.5 Å². The van der Waals surface area contributed by atoms with Gasteiger partial charge in [0.1, 0.15) is 5.82 Å². The van der Waals surface area contributed by atoms with Crippen LogP contribution in [-0.2, 0) is 6.54 Å². The average Bonchev–Trinajstić information content (AvgIpc) is 2.69. The molecule has 27 heavy (non-hydrogen) atoms.